The summed E-state index contributed by atoms with van der Waals surface area (Å²) in [6.07, 6.45) is 1.01. The van der Waals surface area contributed by atoms with Crippen LogP contribution in [0.3, 0.4) is 0 Å². The Balaban J connectivity index is 1.96. The topological polar surface area (TPSA) is 86.2 Å². The number of nitrogens with two attached hydrogens (primary N) is 2. The predicted octanol–water partition coefficient (Wildman–Crippen LogP) is 1.86. The summed E-state index contributed by atoms with van der Waals surface area (Å²) in [5.74, 6) is -1.12. The highest BCUT2D eigenvalue weighted by Gasteiger charge is 2.23. The first kappa shape index (κ1) is 16.9. The van der Waals surface area contributed by atoms with Gasteiger partial charge in [0.15, 0.2) is 5.78 Å². The van der Waals surface area contributed by atoms with Crippen LogP contribution in [0.1, 0.15) is 17.5 Å². The maximum absolute atomic E-state index is 12.3. The Labute approximate surface area is 136 Å². The molecule has 0 saturated heterocycles. The largest absolute Gasteiger partial charge is 0.369 e. The van der Waals surface area contributed by atoms with Gasteiger partial charge in [0.25, 0.3) is 0 Å². The molecule has 0 aliphatic heterocycles. The van der Waals surface area contributed by atoms with E-state index in [9.17, 15) is 9.59 Å². The molecular weight excluding hydrogens is 288 g/mol. The number of hydrogen-bond acceptors (Lipinski definition) is 3. The van der Waals surface area contributed by atoms with Gasteiger partial charge in [-0.15, -0.1) is 0 Å². The molecule has 4 N–H and O–H groups in total. The summed E-state index contributed by atoms with van der Waals surface area (Å²) in [6.45, 7) is 0. The van der Waals surface area contributed by atoms with Crippen LogP contribution in [0.5, 0.6) is 0 Å². The minimum absolute atomic E-state index is 0.0816. The van der Waals surface area contributed by atoms with Crippen molar-refractivity contribution in [2.45, 2.75) is 25.3 Å². The molecule has 0 heterocycles. The molecule has 0 aliphatic carbocycles. The molecular formula is C19H22N2O2. The standard InChI is InChI=1S/C19H22N2O2/c20-17(12-15-9-5-2-6-10-15)18(22)13-16(19(21)23)11-14-7-3-1-4-8-14/h1-10,16-17H,11-13,20H2,(H2,21,23). The Bertz CT molecular complexity index is 641. The van der Waals surface area contributed by atoms with E-state index in [0.29, 0.717) is 12.8 Å². The molecule has 120 valence electrons. The van der Waals surface area contributed by atoms with Crippen molar-refractivity contribution in [3.05, 3.63) is 71.8 Å². The highest BCUT2D eigenvalue weighted by atomic mass is 16.1. The van der Waals surface area contributed by atoms with E-state index in [1.807, 2.05) is 60.7 Å². The molecule has 23 heavy (non-hydrogen) atoms. The van der Waals surface area contributed by atoms with Crippen LogP contribution in [0.25, 0.3) is 0 Å². The van der Waals surface area contributed by atoms with E-state index in [2.05, 4.69) is 0 Å². The van der Waals surface area contributed by atoms with Crippen molar-refractivity contribution < 1.29 is 9.59 Å². The monoisotopic (exact) mass is 310 g/mol. The number of benzene rings is 2. The van der Waals surface area contributed by atoms with Crippen LogP contribution >= 0.6 is 0 Å². The number of hydrogen-bond donors (Lipinski definition) is 2. The summed E-state index contributed by atoms with van der Waals surface area (Å²) in [4.78, 5) is 24.0. The number of carbonyl (C=O) groups is 2. The summed E-state index contributed by atoms with van der Waals surface area (Å²) < 4.78 is 0. The van der Waals surface area contributed by atoms with Gasteiger partial charge in [0.2, 0.25) is 5.91 Å². The van der Waals surface area contributed by atoms with Gasteiger partial charge in [-0.2, -0.15) is 0 Å². The first-order chi connectivity index (χ1) is 11.1. The average molecular weight is 310 g/mol. The average Bonchev–Trinajstić information content (AvgIpc) is 2.56. The van der Waals surface area contributed by atoms with E-state index in [1.54, 1.807) is 0 Å². The molecule has 2 aromatic carbocycles. The first-order valence-electron chi connectivity index (χ1n) is 7.71. The van der Waals surface area contributed by atoms with Crippen LogP contribution in [0, 0.1) is 5.92 Å². The number of carbonyl (C=O) groups excluding carboxylic acids is 2. The summed E-state index contributed by atoms with van der Waals surface area (Å²) in [7, 11) is 0. The molecule has 4 nitrogen and oxygen atoms in total. The second-order valence-corrected chi connectivity index (χ2v) is 5.76. The van der Waals surface area contributed by atoms with Gasteiger partial charge in [0.05, 0.1) is 6.04 Å². The minimum Gasteiger partial charge on any atom is -0.369 e. The molecule has 0 fully saturated rings. The van der Waals surface area contributed by atoms with E-state index >= 15 is 0 Å². The van der Waals surface area contributed by atoms with Crippen molar-refractivity contribution in [3.8, 4) is 0 Å². The number of Topliss-reactive ketones (excluding diaryl/α,β-unsaturated/α-hetero) is 1. The molecule has 0 saturated carbocycles. The van der Waals surface area contributed by atoms with Gasteiger partial charge in [0.1, 0.15) is 0 Å². The van der Waals surface area contributed by atoms with Gasteiger partial charge >= 0.3 is 0 Å². The fourth-order valence-corrected chi connectivity index (χ4v) is 2.55. The van der Waals surface area contributed by atoms with Crippen molar-refractivity contribution >= 4 is 11.7 Å². The molecule has 2 rings (SSSR count). The van der Waals surface area contributed by atoms with Crippen LogP contribution in [0.4, 0.5) is 0 Å². The number of ketones is 1. The molecule has 0 radical (unpaired) electrons. The molecule has 0 spiro atoms. The zero-order valence-electron chi connectivity index (χ0n) is 13.0. The number of amides is 1. The van der Waals surface area contributed by atoms with E-state index in [-0.39, 0.29) is 12.2 Å². The molecule has 0 bridgehead atoms. The second kappa shape index (κ2) is 8.25. The van der Waals surface area contributed by atoms with Crippen LogP contribution in [-0.4, -0.2) is 17.7 Å². The van der Waals surface area contributed by atoms with Gasteiger partial charge < -0.3 is 11.5 Å². The third kappa shape index (κ3) is 5.34. The third-order valence-corrected chi connectivity index (χ3v) is 3.89. The highest BCUT2D eigenvalue weighted by Crippen LogP contribution is 2.14. The van der Waals surface area contributed by atoms with E-state index in [1.165, 1.54) is 0 Å². The van der Waals surface area contributed by atoms with Gasteiger partial charge in [-0.05, 0) is 24.0 Å². The molecule has 2 atom stereocenters. The minimum atomic E-state index is -0.616. The first-order valence-corrected chi connectivity index (χ1v) is 7.71. The van der Waals surface area contributed by atoms with E-state index in [0.717, 1.165) is 11.1 Å². The highest BCUT2D eigenvalue weighted by molar-refractivity contribution is 5.89. The second-order valence-electron chi connectivity index (χ2n) is 5.76. The Morgan fingerprint density at radius 2 is 1.30 bits per heavy atom. The molecule has 0 aliphatic rings. The molecule has 0 aromatic heterocycles. The third-order valence-electron chi connectivity index (χ3n) is 3.89. The fraction of sp³-hybridized carbons (Fsp3) is 0.263. The molecule has 4 heteroatoms. The Hall–Kier alpha value is -2.46. The van der Waals surface area contributed by atoms with Gasteiger partial charge in [-0.1, -0.05) is 60.7 Å². The van der Waals surface area contributed by atoms with Crippen LogP contribution in [0.2, 0.25) is 0 Å². The summed E-state index contributed by atoms with van der Waals surface area (Å²) in [5.41, 5.74) is 13.4. The number of rotatable bonds is 8. The summed E-state index contributed by atoms with van der Waals surface area (Å²) >= 11 is 0. The lowest BCUT2D eigenvalue weighted by molar-refractivity contribution is -0.127. The lowest BCUT2D eigenvalue weighted by Gasteiger charge is -2.16. The van der Waals surface area contributed by atoms with E-state index < -0.39 is 17.9 Å². The lowest BCUT2D eigenvalue weighted by atomic mass is 9.90. The summed E-state index contributed by atoms with van der Waals surface area (Å²) in [6, 6.07) is 18.5. The van der Waals surface area contributed by atoms with Crippen molar-refractivity contribution in [1.29, 1.82) is 0 Å². The van der Waals surface area contributed by atoms with Gasteiger partial charge in [-0.3, -0.25) is 9.59 Å². The van der Waals surface area contributed by atoms with Crippen LogP contribution in [-0.2, 0) is 22.4 Å². The summed E-state index contributed by atoms with van der Waals surface area (Å²) in [5, 5.41) is 0. The van der Waals surface area contributed by atoms with Gasteiger partial charge in [-0.25, -0.2) is 0 Å². The fourth-order valence-electron chi connectivity index (χ4n) is 2.55. The Morgan fingerprint density at radius 1 is 0.826 bits per heavy atom. The van der Waals surface area contributed by atoms with Crippen LogP contribution in [0.15, 0.2) is 60.7 Å². The smallest absolute Gasteiger partial charge is 0.221 e. The predicted molar refractivity (Wildman–Crippen MR) is 90.6 cm³/mol. The van der Waals surface area contributed by atoms with Crippen molar-refractivity contribution in [1.82, 2.24) is 0 Å². The van der Waals surface area contributed by atoms with Crippen molar-refractivity contribution in [2.75, 3.05) is 0 Å². The normalized spacial score (nSPS) is 13.3. The number of primary amides is 1. The van der Waals surface area contributed by atoms with Crippen LogP contribution < -0.4 is 11.5 Å². The quantitative estimate of drug-likeness (QED) is 0.780. The van der Waals surface area contributed by atoms with Gasteiger partial charge in [0, 0.05) is 12.3 Å². The Kier molecular flexibility index (Phi) is 6.06. The molecule has 2 aromatic rings. The zero-order valence-corrected chi connectivity index (χ0v) is 13.0. The maximum Gasteiger partial charge on any atom is 0.221 e. The maximum atomic E-state index is 12.3. The molecule has 2 unspecified atom stereocenters. The zero-order chi connectivity index (χ0) is 16.7. The van der Waals surface area contributed by atoms with Crippen molar-refractivity contribution in [3.63, 3.8) is 0 Å². The van der Waals surface area contributed by atoms with Crippen molar-refractivity contribution in [2.24, 2.45) is 17.4 Å². The lowest BCUT2D eigenvalue weighted by Crippen LogP contribution is -2.37. The molecule has 1 amide bonds. The SMILES string of the molecule is NC(=O)C(CC(=O)C(N)Cc1ccccc1)Cc1ccccc1. The Morgan fingerprint density at radius 3 is 1.78 bits per heavy atom. The van der Waals surface area contributed by atoms with E-state index in [4.69, 9.17) is 11.5 Å².